The molecule has 3 aromatic rings. The summed E-state index contributed by atoms with van der Waals surface area (Å²) in [6, 6.07) is 15.8. The minimum absolute atomic E-state index is 0.0225. The summed E-state index contributed by atoms with van der Waals surface area (Å²) >= 11 is 1.74. The molecule has 4 heteroatoms. The molecule has 0 saturated heterocycles. The maximum atomic E-state index is 11.9. The highest BCUT2D eigenvalue weighted by atomic mass is 32.1. The highest BCUT2D eigenvalue weighted by Crippen LogP contribution is 2.15. The van der Waals surface area contributed by atoms with Crippen molar-refractivity contribution in [2.24, 2.45) is 0 Å². The number of benzene rings is 1. The van der Waals surface area contributed by atoms with Crippen LogP contribution in [0.25, 0.3) is 10.9 Å². The third kappa shape index (κ3) is 3.67. The molecule has 0 aliphatic carbocycles. The largest absolute Gasteiger partial charge is 0.311 e. The van der Waals surface area contributed by atoms with E-state index in [1.807, 2.05) is 42.5 Å². The van der Waals surface area contributed by atoms with Crippen molar-refractivity contribution in [1.82, 2.24) is 4.98 Å². The fourth-order valence-electron chi connectivity index (χ4n) is 2.22. The molecule has 1 aromatic carbocycles. The van der Waals surface area contributed by atoms with Gasteiger partial charge in [-0.25, -0.2) is 4.98 Å². The second-order valence-corrected chi connectivity index (χ2v) is 5.90. The number of hydrogen-bond donors (Lipinski definition) is 1. The Morgan fingerprint density at radius 2 is 2.00 bits per heavy atom. The molecule has 0 fully saturated rings. The number of amides is 1. The first kappa shape index (κ1) is 13.8. The van der Waals surface area contributed by atoms with Gasteiger partial charge in [-0.15, -0.1) is 11.3 Å². The topological polar surface area (TPSA) is 42.0 Å². The van der Waals surface area contributed by atoms with E-state index in [2.05, 4.69) is 21.7 Å². The molecule has 0 saturated carbocycles. The Bertz CT molecular complexity index is 737. The summed E-state index contributed by atoms with van der Waals surface area (Å²) in [6.07, 6.45) is 2.34. The molecule has 21 heavy (non-hydrogen) atoms. The summed E-state index contributed by atoms with van der Waals surface area (Å²) in [4.78, 5) is 17.7. The standard InChI is InChI=1S/C17H16N2OS/c20-17(9-3-6-14-7-4-12-21-14)19-16-11-10-13-5-1-2-8-15(13)18-16/h1-2,4-5,7-8,10-12H,3,6,9H2,(H,18,19,20). The number of aryl methyl sites for hydroxylation is 1. The Labute approximate surface area is 127 Å². The molecule has 1 N–H and O–H groups in total. The number of carbonyl (C=O) groups excluding carboxylic acids is 1. The first-order valence-electron chi connectivity index (χ1n) is 6.99. The number of rotatable bonds is 5. The Morgan fingerprint density at radius 1 is 1.10 bits per heavy atom. The van der Waals surface area contributed by atoms with E-state index in [4.69, 9.17) is 0 Å². The predicted octanol–water partition coefficient (Wildman–Crippen LogP) is 4.26. The van der Waals surface area contributed by atoms with E-state index < -0.39 is 0 Å². The number of thiophene rings is 1. The highest BCUT2D eigenvalue weighted by Gasteiger charge is 2.04. The van der Waals surface area contributed by atoms with Gasteiger partial charge in [-0.2, -0.15) is 0 Å². The Balaban J connectivity index is 1.55. The van der Waals surface area contributed by atoms with Crippen LogP contribution in [0.3, 0.4) is 0 Å². The normalized spacial score (nSPS) is 10.7. The Morgan fingerprint density at radius 3 is 2.86 bits per heavy atom. The first-order chi connectivity index (χ1) is 10.3. The molecule has 0 unspecified atom stereocenters. The molecule has 0 bridgehead atoms. The van der Waals surface area contributed by atoms with Crippen LogP contribution in [0.1, 0.15) is 17.7 Å². The van der Waals surface area contributed by atoms with Crippen LogP contribution in [0.2, 0.25) is 0 Å². The predicted molar refractivity (Wildman–Crippen MR) is 87.6 cm³/mol. The molecule has 0 aliphatic rings. The lowest BCUT2D eigenvalue weighted by Gasteiger charge is -2.05. The second-order valence-electron chi connectivity index (χ2n) is 4.87. The summed E-state index contributed by atoms with van der Waals surface area (Å²) in [5.74, 6) is 0.643. The van der Waals surface area contributed by atoms with Crippen LogP contribution in [0.15, 0.2) is 53.9 Å². The number of pyridine rings is 1. The van der Waals surface area contributed by atoms with Crippen LogP contribution in [0.5, 0.6) is 0 Å². The molecule has 3 rings (SSSR count). The van der Waals surface area contributed by atoms with Crippen molar-refractivity contribution in [3.8, 4) is 0 Å². The lowest BCUT2D eigenvalue weighted by Crippen LogP contribution is -2.12. The number of nitrogens with one attached hydrogen (secondary N) is 1. The van der Waals surface area contributed by atoms with Gasteiger partial charge in [-0.1, -0.05) is 24.3 Å². The number of fused-ring (bicyclic) bond motifs is 1. The van der Waals surface area contributed by atoms with Gasteiger partial charge in [-0.05, 0) is 42.5 Å². The first-order valence-corrected chi connectivity index (χ1v) is 7.87. The smallest absolute Gasteiger partial charge is 0.225 e. The maximum absolute atomic E-state index is 11.9. The van der Waals surface area contributed by atoms with E-state index in [-0.39, 0.29) is 5.91 Å². The summed E-state index contributed by atoms with van der Waals surface area (Å²) in [5.41, 5.74) is 0.897. The van der Waals surface area contributed by atoms with Crippen LogP contribution < -0.4 is 5.32 Å². The molecule has 2 heterocycles. The van der Waals surface area contributed by atoms with Crippen LogP contribution in [0.4, 0.5) is 5.82 Å². The molecular formula is C17H16N2OS. The fourth-order valence-corrected chi connectivity index (χ4v) is 2.97. The van der Waals surface area contributed by atoms with Gasteiger partial charge in [0.1, 0.15) is 5.82 Å². The van der Waals surface area contributed by atoms with Crippen molar-refractivity contribution < 1.29 is 4.79 Å². The highest BCUT2D eigenvalue weighted by molar-refractivity contribution is 7.09. The van der Waals surface area contributed by atoms with E-state index in [1.54, 1.807) is 11.3 Å². The zero-order chi connectivity index (χ0) is 14.5. The molecule has 2 aromatic heterocycles. The van der Waals surface area contributed by atoms with Crippen LogP contribution in [0, 0.1) is 0 Å². The molecular weight excluding hydrogens is 280 g/mol. The zero-order valence-corrected chi connectivity index (χ0v) is 12.4. The molecule has 3 nitrogen and oxygen atoms in total. The van der Waals surface area contributed by atoms with Crippen molar-refractivity contribution in [3.05, 3.63) is 58.8 Å². The number of nitrogens with zero attached hydrogens (tertiary/aromatic N) is 1. The second kappa shape index (κ2) is 6.50. The van der Waals surface area contributed by atoms with Crippen LogP contribution in [-0.4, -0.2) is 10.9 Å². The number of anilines is 1. The Kier molecular flexibility index (Phi) is 4.26. The summed E-state index contributed by atoms with van der Waals surface area (Å²) < 4.78 is 0. The number of hydrogen-bond acceptors (Lipinski definition) is 3. The van der Waals surface area contributed by atoms with Gasteiger partial charge in [0, 0.05) is 16.7 Å². The van der Waals surface area contributed by atoms with E-state index in [0.717, 1.165) is 23.7 Å². The van der Waals surface area contributed by atoms with Crippen molar-refractivity contribution in [2.75, 3.05) is 5.32 Å². The van der Waals surface area contributed by atoms with Crippen LogP contribution >= 0.6 is 11.3 Å². The average Bonchev–Trinajstić information content (AvgIpc) is 3.00. The minimum Gasteiger partial charge on any atom is -0.311 e. The number of para-hydroxylation sites is 1. The lowest BCUT2D eigenvalue weighted by molar-refractivity contribution is -0.116. The van der Waals surface area contributed by atoms with Crippen molar-refractivity contribution >= 4 is 34.0 Å². The molecule has 0 radical (unpaired) electrons. The average molecular weight is 296 g/mol. The number of carbonyl (C=O) groups is 1. The minimum atomic E-state index is 0.0225. The number of aromatic nitrogens is 1. The van der Waals surface area contributed by atoms with E-state index >= 15 is 0 Å². The molecule has 0 atom stereocenters. The SMILES string of the molecule is O=C(CCCc1cccs1)Nc1ccc2ccccc2n1. The Hall–Kier alpha value is -2.20. The monoisotopic (exact) mass is 296 g/mol. The fraction of sp³-hybridized carbons (Fsp3) is 0.176. The summed E-state index contributed by atoms with van der Waals surface area (Å²) in [5, 5.41) is 6.01. The summed E-state index contributed by atoms with van der Waals surface area (Å²) in [6.45, 7) is 0. The van der Waals surface area contributed by atoms with Crippen molar-refractivity contribution in [1.29, 1.82) is 0 Å². The third-order valence-corrected chi connectivity index (χ3v) is 4.21. The quantitative estimate of drug-likeness (QED) is 0.764. The van der Waals surface area contributed by atoms with Gasteiger partial charge in [-0.3, -0.25) is 4.79 Å². The molecule has 0 aliphatic heterocycles. The molecule has 0 spiro atoms. The zero-order valence-electron chi connectivity index (χ0n) is 11.6. The van der Waals surface area contributed by atoms with Gasteiger partial charge in [0.15, 0.2) is 0 Å². The van der Waals surface area contributed by atoms with Crippen molar-refractivity contribution in [2.45, 2.75) is 19.3 Å². The van der Waals surface area contributed by atoms with Crippen LogP contribution in [-0.2, 0) is 11.2 Å². The van der Waals surface area contributed by atoms with Gasteiger partial charge >= 0.3 is 0 Å². The van der Waals surface area contributed by atoms with Crippen molar-refractivity contribution in [3.63, 3.8) is 0 Å². The van der Waals surface area contributed by atoms with E-state index in [1.165, 1.54) is 4.88 Å². The maximum Gasteiger partial charge on any atom is 0.225 e. The van der Waals surface area contributed by atoms with E-state index in [9.17, 15) is 4.79 Å². The van der Waals surface area contributed by atoms with Gasteiger partial charge < -0.3 is 5.32 Å². The van der Waals surface area contributed by atoms with Gasteiger partial charge in [0.25, 0.3) is 0 Å². The summed E-state index contributed by atoms with van der Waals surface area (Å²) in [7, 11) is 0. The molecule has 106 valence electrons. The third-order valence-electron chi connectivity index (χ3n) is 3.27. The van der Waals surface area contributed by atoms with E-state index in [0.29, 0.717) is 12.2 Å². The van der Waals surface area contributed by atoms with Gasteiger partial charge in [0.2, 0.25) is 5.91 Å². The lowest BCUT2D eigenvalue weighted by atomic mass is 10.2. The van der Waals surface area contributed by atoms with Gasteiger partial charge in [0.05, 0.1) is 5.52 Å². The molecule has 1 amide bonds.